The number of aromatic nitrogens is 2. The van der Waals surface area contributed by atoms with Crippen LogP contribution < -0.4 is 26.6 Å². The molecule has 1 saturated heterocycles. The molecule has 1 unspecified atom stereocenters. The fourth-order valence-corrected chi connectivity index (χ4v) is 3.65. The monoisotopic (exact) mass is 405 g/mol. The van der Waals surface area contributed by atoms with Crippen LogP contribution in [0, 0.1) is 23.1 Å². The minimum atomic E-state index is -0.578. The summed E-state index contributed by atoms with van der Waals surface area (Å²) >= 11 is 0. The molecule has 0 amide bonds. The highest BCUT2D eigenvalue weighted by molar-refractivity contribution is 5.91. The molecule has 0 spiro atoms. The minimum absolute atomic E-state index is 0.0431. The van der Waals surface area contributed by atoms with Crippen molar-refractivity contribution >= 4 is 16.6 Å². The first-order valence-corrected chi connectivity index (χ1v) is 9.61. The van der Waals surface area contributed by atoms with E-state index in [1.165, 1.54) is 27.1 Å². The Morgan fingerprint density at radius 3 is 2.41 bits per heavy atom. The third kappa shape index (κ3) is 4.43. The molecule has 2 aromatic rings. The molecule has 29 heavy (non-hydrogen) atoms. The summed E-state index contributed by atoms with van der Waals surface area (Å²) in [5.74, 6) is 0.267. The van der Waals surface area contributed by atoms with Crippen molar-refractivity contribution in [2.24, 2.45) is 11.7 Å². The van der Waals surface area contributed by atoms with Crippen LogP contribution in [0.15, 0.2) is 15.7 Å². The van der Waals surface area contributed by atoms with Crippen LogP contribution >= 0.6 is 0 Å². The molecule has 1 aromatic heterocycles. The summed E-state index contributed by atoms with van der Waals surface area (Å²) in [7, 11) is 2.96. The Labute approximate surface area is 168 Å². The van der Waals surface area contributed by atoms with E-state index in [1.54, 1.807) is 10.6 Å². The minimum Gasteiger partial charge on any atom is -0.492 e. The van der Waals surface area contributed by atoms with E-state index in [0.29, 0.717) is 17.1 Å². The second-order valence-corrected chi connectivity index (χ2v) is 7.06. The van der Waals surface area contributed by atoms with E-state index in [4.69, 9.17) is 10.00 Å². The predicted octanol–water partition coefficient (Wildman–Crippen LogP) is 2.12. The highest BCUT2D eigenvalue weighted by Gasteiger charge is 2.32. The Bertz CT molecular complexity index is 1020. The molecular weight excluding hydrogens is 377 g/mol. The van der Waals surface area contributed by atoms with E-state index in [1.807, 2.05) is 4.90 Å². The van der Waals surface area contributed by atoms with Gasteiger partial charge in [-0.1, -0.05) is 6.92 Å². The summed E-state index contributed by atoms with van der Waals surface area (Å²) < 4.78 is 21.9. The summed E-state index contributed by atoms with van der Waals surface area (Å²) in [6.07, 6.45) is 2.72. The number of nitriles is 1. The maximum Gasteiger partial charge on any atom is 0.329 e. The van der Waals surface area contributed by atoms with Gasteiger partial charge in [-0.15, -0.1) is 0 Å². The van der Waals surface area contributed by atoms with E-state index in [-0.39, 0.29) is 17.2 Å². The van der Waals surface area contributed by atoms with Gasteiger partial charge in [0, 0.05) is 26.1 Å². The van der Waals surface area contributed by atoms with Gasteiger partial charge in [-0.25, -0.2) is 9.18 Å². The van der Waals surface area contributed by atoms with Crippen LogP contribution in [0.5, 0.6) is 5.75 Å². The number of nitrogens with one attached hydrogen (secondary N) is 1. The lowest BCUT2D eigenvalue weighted by Gasteiger charge is -2.24. The molecule has 2 heterocycles. The second kappa shape index (κ2) is 9.56. The molecule has 158 valence electrons. The maximum atomic E-state index is 14.8. The summed E-state index contributed by atoms with van der Waals surface area (Å²) in [5.41, 5.74) is 4.23. The average molecular weight is 405 g/mol. The third-order valence-electron chi connectivity index (χ3n) is 4.96. The van der Waals surface area contributed by atoms with E-state index in [0.717, 1.165) is 32.4 Å². The SMILES string of the molecule is CC#N.CN.COc1c(N2CCC(C)C2)c(F)cc2c(=O)[nH]c(=O)n(C3CC3)c12. The van der Waals surface area contributed by atoms with Gasteiger partial charge < -0.3 is 15.4 Å². The molecule has 0 radical (unpaired) electrons. The molecule has 3 N–H and O–H groups in total. The van der Waals surface area contributed by atoms with E-state index < -0.39 is 17.1 Å². The van der Waals surface area contributed by atoms with Gasteiger partial charge in [-0.3, -0.25) is 14.3 Å². The molecule has 1 aliphatic heterocycles. The summed E-state index contributed by atoms with van der Waals surface area (Å²) in [4.78, 5) is 28.8. The molecule has 8 nitrogen and oxygen atoms in total. The zero-order chi connectivity index (χ0) is 21.7. The molecule has 2 aliphatic rings. The number of benzene rings is 1. The summed E-state index contributed by atoms with van der Waals surface area (Å²) in [6, 6.07) is 3.02. The lowest BCUT2D eigenvalue weighted by Crippen LogP contribution is -2.31. The molecule has 1 saturated carbocycles. The number of H-pyrrole nitrogens is 1. The molecule has 9 heteroatoms. The lowest BCUT2D eigenvalue weighted by atomic mass is 10.1. The standard InChI is InChI=1S/C17H20FN3O3.C2H3N.CH5N/c1-9-5-6-20(8-9)14-12(18)7-11-13(15(14)24-2)21(10-3-4-10)17(23)19-16(11)22;1-2-3;1-2/h7,9-10H,3-6,8H2,1-2H3,(H,19,22,23);1H3;2H2,1H3. The molecule has 4 rings (SSSR count). The third-order valence-corrected chi connectivity index (χ3v) is 4.96. The maximum absolute atomic E-state index is 14.8. The van der Waals surface area contributed by atoms with E-state index in [9.17, 15) is 14.0 Å². The lowest BCUT2D eigenvalue weighted by molar-refractivity contribution is 0.413. The fourth-order valence-electron chi connectivity index (χ4n) is 3.65. The van der Waals surface area contributed by atoms with Crippen LogP contribution in [0.3, 0.4) is 0 Å². The highest BCUT2D eigenvalue weighted by Crippen LogP contribution is 2.43. The molecule has 1 aromatic carbocycles. The predicted molar refractivity (Wildman–Crippen MR) is 111 cm³/mol. The number of methoxy groups -OCH3 is 1. The zero-order valence-electron chi connectivity index (χ0n) is 17.3. The normalized spacial score (nSPS) is 17.7. The topological polar surface area (TPSA) is 117 Å². The Kier molecular flexibility index (Phi) is 7.40. The smallest absolute Gasteiger partial charge is 0.329 e. The van der Waals surface area contributed by atoms with Crippen molar-refractivity contribution in [2.45, 2.75) is 39.2 Å². The van der Waals surface area contributed by atoms with Crippen molar-refractivity contribution in [2.75, 3.05) is 32.1 Å². The van der Waals surface area contributed by atoms with Crippen LogP contribution in [0.2, 0.25) is 0 Å². The molecule has 0 bridgehead atoms. The number of hydrogen-bond acceptors (Lipinski definition) is 6. The number of nitrogens with zero attached hydrogens (tertiary/aromatic N) is 3. The highest BCUT2D eigenvalue weighted by atomic mass is 19.1. The number of anilines is 1. The number of nitrogens with two attached hydrogens (primary N) is 1. The number of aromatic amines is 1. The van der Waals surface area contributed by atoms with Gasteiger partial charge in [0.1, 0.15) is 11.2 Å². The van der Waals surface area contributed by atoms with Crippen molar-refractivity contribution in [3.8, 4) is 11.8 Å². The van der Waals surface area contributed by atoms with Crippen LogP contribution in [0.4, 0.5) is 10.1 Å². The quantitative estimate of drug-likeness (QED) is 0.808. The van der Waals surface area contributed by atoms with Crippen LogP contribution in [-0.2, 0) is 0 Å². The Morgan fingerprint density at radius 2 is 1.93 bits per heavy atom. The Balaban J connectivity index is 0.000000551. The summed E-state index contributed by atoms with van der Waals surface area (Å²) in [5, 5.41) is 7.48. The number of hydrogen-bond donors (Lipinski definition) is 2. The van der Waals surface area contributed by atoms with E-state index >= 15 is 0 Å². The van der Waals surface area contributed by atoms with Gasteiger partial charge in [0.05, 0.1) is 18.6 Å². The van der Waals surface area contributed by atoms with Crippen molar-refractivity contribution < 1.29 is 9.13 Å². The number of halogens is 1. The largest absolute Gasteiger partial charge is 0.492 e. The molecule has 2 fully saturated rings. The average Bonchev–Trinajstić information content (AvgIpc) is 3.44. The van der Waals surface area contributed by atoms with Crippen LogP contribution in [0.1, 0.15) is 39.2 Å². The van der Waals surface area contributed by atoms with Gasteiger partial charge >= 0.3 is 5.69 Å². The number of fused-ring (bicyclic) bond motifs is 1. The Hall–Kier alpha value is -2.86. The molecule has 1 atom stereocenters. The molecular formula is C20H28FN5O3. The van der Waals surface area contributed by atoms with Crippen LogP contribution in [0.25, 0.3) is 10.9 Å². The van der Waals surface area contributed by atoms with Gasteiger partial charge in [0.15, 0.2) is 11.6 Å². The first kappa shape index (κ1) is 22.4. The van der Waals surface area contributed by atoms with Crippen molar-refractivity contribution in [1.82, 2.24) is 9.55 Å². The van der Waals surface area contributed by atoms with Crippen LogP contribution in [-0.4, -0.2) is 36.8 Å². The van der Waals surface area contributed by atoms with Crippen molar-refractivity contribution in [1.29, 1.82) is 5.26 Å². The van der Waals surface area contributed by atoms with Crippen molar-refractivity contribution in [3.63, 3.8) is 0 Å². The second-order valence-electron chi connectivity index (χ2n) is 7.06. The first-order chi connectivity index (χ1) is 13.9. The number of ether oxygens (including phenoxy) is 1. The zero-order valence-corrected chi connectivity index (χ0v) is 17.3. The summed E-state index contributed by atoms with van der Waals surface area (Å²) in [6.45, 7) is 5.02. The van der Waals surface area contributed by atoms with Crippen molar-refractivity contribution in [3.05, 3.63) is 32.7 Å². The first-order valence-electron chi connectivity index (χ1n) is 9.61. The van der Waals surface area contributed by atoms with Gasteiger partial charge in [-0.2, -0.15) is 5.26 Å². The fraction of sp³-hybridized carbons (Fsp3) is 0.550. The van der Waals surface area contributed by atoms with Gasteiger partial charge in [-0.05, 0) is 38.3 Å². The molecule has 1 aliphatic carbocycles. The van der Waals surface area contributed by atoms with Gasteiger partial charge in [0.25, 0.3) is 5.56 Å². The number of rotatable bonds is 3. The Morgan fingerprint density at radius 1 is 1.31 bits per heavy atom. The van der Waals surface area contributed by atoms with E-state index in [2.05, 4.69) is 17.6 Å². The van der Waals surface area contributed by atoms with Gasteiger partial charge in [0.2, 0.25) is 0 Å².